The minimum Gasteiger partial charge on any atom is -0.493 e. The molecule has 140 valence electrons. The maximum atomic E-state index is 12.4. The molecule has 1 heterocycles. The van der Waals surface area contributed by atoms with Gasteiger partial charge in [0.2, 0.25) is 5.91 Å². The zero-order valence-electron chi connectivity index (χ0n) is 15.8. The molecule has 0 aliphatic carbocycles. The van der Waals surface area contributed by atoms with Crippen molar-refractivity contribution in [3.05, 3.63) is 58.5 Å². The maximum absolute atomic E-state index is 12.4. The van der Waals surface area contributed by atoms with Gasteiger partial charge in [-0.3, -0.25) is 4.79 Å². The van der Waals surface area contributed by atoms with E-state index in [9.17, 15) is 4.79 Å². The van der Waals surface area contributed by atoms with Crippen LogP contribution in [-0.4, -0.2) is 25.1 Å². The summed E-state index contributed by atoms with van der Waals surface area (Å²) in [6, 6.07) is 11.7. The third kappa shape index (κ3) is 4.46. The summed E-state index contributed by atoms with van der Waals surface area (Å²) < 4.78 is 10.5. The third-order valence-corrected chi connectivity index (χ3v) is 5.12. The summed E-state index contributed by atoms with van der Waals surface area (Å²) in [7, 11) is 3.16. The lowest BCUT2D eigenvalue weighted by atomic mass is 10.1. The fraction of sp³-hybridized carbons (Fsp3) is 0.238. The predicted molar refractivity (Wildman–Crippen MR) is 109 cm³/mol. The van der Waals surface area contributed by atoms with Gasteiger partial charge in [-0.1, -0.05) is 18.2 Å². The Bertz CT molecular complexity index is 966. The molecule has 1 aromatic heterocycles. The molecule has 0 saturated carbocycles. The van der Waals surface area contributed by atoms with Gasteiger partial charge in [0.15, 0.2) is 16.6 Å². The normalized spacial score (nSPS) is 10.5. The van der Waals surface area contributed by atoms with Gasteiger partial charge in [-0.25, -0.2) is 4.98 Å². The van der Waals surface area contributed by atoms with E-state index in [0.717, 1.165) is 16.8 Å². The Labute approximate surface area is 163 Å². The zero-order valence-corrected chi connectivity index (χ0v) is 16.6. The molecule has 0 fully saturated rings. The van der Waals surface area contributed by atoms with Crippen molar-refractivity contribution in [2.45, 2.75) is 20.3 Å². The topological polar surface area (TPSA) is 60.5 Å². The summed E-state index contributed by atoms with van der Waals surface area (Å²) in [6.45, 7) is 4.16. The minimum absolute atomic E-state index is 0.122. The van der Waals surface area contributed by atoms with Gasteiger partial charge in [0.05, 0.1) is 26.3 Å². The second-order valence-electron chi connectivity index (χ2n) is 6.25. The van der Waals surface area contributed by atoms with E-state index in [0.29, 0.717) is 16.6 Å². The molecule has 0 spiro atoms. The molecule has 0 unspecified atom stereocenters. The van der Waals surface area contributed by atoms with Crippen LogP contribution in [0.3, 0.4) is 0 Å². The highest BCUT2D eigenvalue weighted by Gasteiger charge is 2.11. The summed E-state index contributed by atoms with van der Waals surface area (Å²) >= 11 is 1.42. The zero-order chi connectivity index (χ0) is 19.4. The van der Waals surface area contributed by atoms with Crippen molar-refractivity contribution in [3.63, 3.8) is 0 Å². The van der Waals surface area contributed by atoms with Crippen LogP contribution >= 0.6 is 11.3 Å². The number of hydrogen-bond donors (Lipinski definition) is 1. The monoisotopic (exact) mass is 382 g/mol. The van der Waals surface area contributed by atoms with Gasteiger partial charge in [-0.2, -0.15) is 0 Å². The van der Waals surface area contributed by atoms with Gasteiger partial charge in [-0.05, 0) is 48.7 Å². The highest BCUT2D eigenvalue weighted by molar-refractivity contribution is 7.14. The van der Waals surface area contributed by atoms with Crippen molar-refractivity contribution in [2.24, 2.45) is 0 Å². The summed E-state index contributed by atoms with van der Waals surface area (Å²) in [6.07, 6.45) is 0.235. The van der Waals surface area contributed by atoms with E-state index >= 15 is 0 Å². The van der Waals surface area contributed by atoms with Crippen LogP contribution in [0.1, 0.15) is 16.7 Å². The summed E-state index contributed by atoms with van der Waals surface area (Å²) in [5.74, 6) is 1.12. The van der Waals surface area contributed by atoms with Crippen molar-refractivity contribution in [3.8, 4) is 22.8 Å². The Morgan fingerprint density at radius 2 is 1.81 bits per heavy atom. The van der Waals surface area contributed by atoms with Crippen molar-refractivity contribution in [2.75, 3.05) is 19.5 Å². The molecule has 0 radical (unpaired) electrons. The van der Waals surface area contributed by atoms with E-state index in [2.05, 4.69) is 36.3 Å². The van der Waals surface area contributed by atoms with Gasteiger partial charge in [0.25, 0.3) is 0 Å². The Kier molecular flexibility index (Phi) is 5.76. The SMILES string of the molecule is COc1ccc(CC(=O)Nc2nc(-c3ccc(C)c(C)c3)cs2)cc1OC. The van der Waals surface area contributed by atoms with Gasteiger partial charge >= 0.3 is 0 Å². The number of methoxy groups -OCH3 is 2. The Balaban J connectivity index is 1.68. The number of carbonyl (C=O) groups is 1. The second-order valence-corrected chi connectivity index (χ2v) is 7.11. The van der Waals surface area contributed by atoms with Gasteiger partial charge in [0, 0.05) is 10.9 Å². The number of ether oxygens (including phenoxy) is 2. The van der Waals surface area contributed by atoms with Crippen LogP contribution in [0.5, 0.6) is 11.5 Å². The number of amides is 1. The molecule has 1 N–H and O–H groups in total. The Hall–Kier alpha value is -2.86. The van der Waals surface area contributed by atoms with Crippen molar-refractivity contribution in [1.29, 1.82) is 0 Å². The molecule has 0 atom stereocenters. The van der Waals surface area contributed by atoms with Crippen LogP contribution < -0.4 is 14.8 Å². The molecular formula is C21H22N2O3S. The number of aromatic nitrogens is 1. The van der Waals surface area contributed by atoms with Crippen LogP contribution in [0, 0.1) is 13.8 Å². The molecule has 6 heteroatoms. The highest BCUT2D eigenvalue weighted by atomic mass is 32.1. The molecular weight excluding hydrogens is 360 g/mol. The number of carbonyl (C=O) groups excluding carboxylic acids is 1. The van der Waals surface area contributed by atoms with Gasteiger partial charge in [0.1, 0.15) is 0 Å². The first kappa shape index (κ1) is 18.9. The first-order chi connectivity index (χ1) is 13.0. The van der Waals surface area contributed by atoms with Crippen molar-refractivity contribution >= 4 is 22.4 Å². The van der Waals surface area contributed by atoms with Crippen LogP contribution in [0.25, 0.3) is 11.3 Å². The van der Waals surface area contributed by atoms with Crippen LogP contribution in [-0.2, 0) is 11.2 Å². The number of thiazole rings is 1. The van der Waals surface area contributed by atoms with Gasteiger partial charge in [-0.15, -0.1) is 11.3 Å². The standard InChI is InChI=1S/C21H22N2O3S/c1-13-5-7-16(9-14(13)2)17-12-27-21(22-17)23-20(24)11-15-6-8-18(25-3)19(10-15)26-4/h5-10,12H,11H2,1-4H3,(H,22,23,24). The van der Waals surface area contributed by atoms with E-state index in [4.69, 9.17) is 9.47 Å². The molecule has 5 nitrogen and oxygen atoms in total. The average Bonchev–Trinajstić information content (AvgIpc) is 3.12. The number of anilines is 1. The lowest BCUT2D eigenvalue weighted by Crippen LogP contribution is -2.14. The van der Waals surface area contributed by atoms with Crippen LogP contribution in [0.4, 0.5) is 5.13 Å². The van der Waals surface area contributed by atoms with Gasteiger partial charge < -0.3 is 14.8 Å². The van der Waals surface area contributed by atoms with E-state index in [1.165, 1.54) is 22.5 Å². The quantitative estimate of drug-likeness (QED) is 0.675. The summed E-state index contributed by atoms with van der Waals surface area (Å²) in [5.41, 5.74) is 5.23. The van der Waals surface area contributed by atoms with E-state index < -0.39 is 0 Å². The number of nitrogens with one attached hydrogen (secondary N) is 1. The molecule has 0 saturated heterocycles. The lowest BCUT2D eigenvalue weighted by molar-refractivity contribution is -0.115. The minimum atomic E-state index is -0.122. The predicted octanol–water partition coefficient (Wildman–Crippen LogP) is 4.63. The van der Waals surface area contributed by atoms with Crippen molar-refractivity contribution in [1.82, 2.24) is 4.98 Å². The number of nitrogens with zero attached hydrogens (tertiary/aromatic N) is 1. The lowest BCUT2D eigenvalue weighted by Gasteiger charge is -2.09. The number of benzene rings is 2. The van der Waals surface area contributed by atoms with Crippen molar-refractivity contribution < 1.29 is 14.3 Å². The molecule has 3 aromatic rings. The Morgan fingerprint density at radius 3 is 2.52 bits per heavy atom. The second kappa shape index (κ2) is 8.22. The number of hydrogen-bond acceptors (Lipinski definition) is 5. The Morgan fingerprint density at radius 1 is 1.04 bits per heavy atom. The average molecular weight is 382 g/mol. The summed E-state index contributed by atoms with van der Waals surface area (Å²) in [4.78, 5) is 16.9. The molecule has 2 aromatic carbocycles. The molecule has 0 bridgehead atoms. The molecule has 1 amide bonds. The first-order valence-electron chi connectivity index (χ1n) is 8.54. The molecule has 27 heavy (non-hydrogen) atoms. The molecule has 0 aliphatic rings. The van der Waals surface area contributed by atoms with Crippen LogP contribution in [0.2, 0.25) is 0 Å². The molecule has 0 aliphatic heterocycles. The highest BCUT2D eigenvalue weighted by Crippen LogP contribution is 2.29. The maximum Gasteiger partial charge on any atom is 0.230 e. The van der Waals surface area contributed by atoms with E-state index in [1.807, 2.05) is 17.5 Å². The third-order valence-electron chi connectivity index (χ3n) is 4.37. The smallest absolute Gasteiger partial charge is 0.230 e. The van der Waals surface area contributed by atoms with E-state index in [-0.39, 0.29) is 12.3 Å². The fourth-order valence-corrected chi connectivity index (χ4v) is 3.44. The largest absolute Gasteiger partial charge is 0.493 e. The molecule has 3 rings (SSSR count). The summed E-state index contributed by atoms with van der Waals surface area (Å²) in [5, 5.41) is 5.41. The van der Waals surface area contributed by atoms with Crippen LogP contribution in [0.15, 0.2) is 41.8 Å². The fourth-order valence-electron chi connectivity index (χ4n) is 2.70. The first-order valence-corrected chi connectivity index (χ1v) is 9.42. The number of aryl methyl sites for hydroxylation is 2. The number of rotatable bonds is 6. The van der Waals surface area contributed by atoms with E-state index in [1.54, 1.807) is 26.4 Å².